The largest absolute Gasteiger partial charge is 0.355 e. The molecule has 1 aliphatic rings. The molecule has 0 amide bonds. The minimum absolute atomic E-state index is 0.951. The van der Waals surface area contributed by atoms with Gasteiger partial charge in [-0.05, 0) is 28.9 Å². The molecule has 20 heavy (non-hydrogen) atoms. The third-order valence-corrected chi connectivity index (χ3v) is 4.68. The van der Waals surface area contributed by atoms with Gasteiger partial charge in [0.15, 0.2) is 5.82 Å². The molecule has 6 heteroatoms. The Hall–Kier alpha value is -0.750. The van der Waals surface area contributed by atoms with Crippen molar-refractivity contribution in [2.24, 2.45) is 0 Å². The van der Waals surface area contributed by atoms with Crippen LogP contribution in [0.4, 0.5) is 5.82 Å². The Morgan fingerprint density at radius 1 is 1.10 bits per heavy atom. The molecular formula is C14H24N4S2. The van der Waals surface area contributed by atoms with E-state index in [0.717, 1.165) is 18.9 Å². The van der Waals surface area contributed by atoms with Gasteiger partial charge in [0.2, 0.25) is 0 Å². The molecule has 0 aromatic carbocycles. The fraction of sp³-hybridized carbons (Fsp3) is 0.643. The molecule has 0 unspecified atom stereocenters. The van der Waals surface area contributed by atoms with Crippen LogP contribution in [0.3, 0.4) is 0 Å². The van der Waals surface area contributed by atoms with E-state index in [2.05, 4.69) is 45.0 Å². The third-order valence-electron chi connectivity index (χ3n) is 2.76. The first-order valence-corrected chi connectivity index (χ1v) is 9.25. The molecule has 0 radical (unpaired) electrons. The molecule has 0 atom stereocenters. The van der Waals surface area contributed by atoms with Gasteiger partial charge in [-0.2, -0.15) is 0 Å². The molecule has 1 aromatic heterocycles. The van der Waals surface area contributed by atoms with Crippen molar-refractivity contribution in [1.29, 1.82) is 0 Å². The maximum absolute atomic E-state index is 4.05. The van der Waals surface area contributed by atoms with Crippen LogP contribution >= 0.6 is 23.5 Å². The summed E-state index contributed by atoms with van der Waals surface area (Å²) in [4.78, 5) is 2.29. The van der Waals surface area contributed by atoms with Gasteiger partial charge in [-0.25, -0.2) is 0 Å². The number of rotatable bonds is 7. The minimum atomic E-state index is 0.951. The number of hydrogen-bond donors (Lipinski definition) is 0. The van der Waals surface area contributed by atoms with E-state index in [1.807, 2.05) is 29.6 Å². The van der Waals surface area contributed by atoms with Crippen molar-refractivity contribution >= 4 is 29.3 Å². The molecule has 112 valence electrons. The zero-order valence-electron chi connectivity index (χ0n) is 12.4. The van der Waals surface area contributed by atoms with Crippen LogP contribution in [0.1, 0.15) is 39.5 Å². The Morgan fingerprint density at radius 3 is 2.15 bits per heavy atom. The molecule has 0 saturated heterocycles. The van der Waals surface area contributed by atoms with Crippen molar-refractivity contribution in [1.82, 2.24) is 15.4 Å². The molecular weight excluding hydrogens is 288 g/mol. The lowest BCUT2D eigenvalue weighted by Gasteiger charge is -2.22. The highest BCUT2D eigenvalue weighted by molar-refractivity contribution is 8.21. The average Bonchev–Trinajstić information content (AvgIpc) is 3.08. The van der Waals surface area contributed by atoms with Crippen LogP contribution < -0.4 is 4.90 Å². The molecule has 4 nitrogen and oxygen atoms in total. The highest BCUT2D eigenvalue weighted by atomic mass is 32.2. The SMILES string of the molecule is C1=CSCS1.CCCCN(CCCC)c1ccnnn1. The number of unbranched alkanes of at least 4 members (excludes halogenated alkanes) is 2. The summed E-state index contributed by atoms with van der Waals surface area (Å²) in [6.45, 7) is 6.54. The summed E-state index contributed by atoms with van der Waals surface area (Å²) < 4.78 is 0. The van der Waals surface area contributed by atoms with Gasteiger partial charge in [-0.3, -0.25) is 0 Å². The molecule has 0 fully saturated rings. The predicted octanol–water partition coefficient (Wildman–Crippen LogP) is 4.17. The van der Waals surface area contributed by atoms with Crippen molar-refractivity contribution in [3.05, 3.63) is 23.1 Å². The molecule has 0 bridgehead atoms. The topological polar surface area (TPSA) is 41.9 Å². The van der Waals surface area contributed by atoms with Gasteiger partial charge in [0.1, 0.15) is 0 Å². The number of aromatic nitrogens is 3. The Balaban J connectivity index is 0.000000333. The zero-order chi connectivity index (χ0) is 14.5. The quantitative estimate of drug-likeness (QED) is 0.752. The smallest absolute Gasteiger partial charge is 0.154 e. The van der Waals surface area contributed by atoms with E-state index >= 15 is 0 Å². The fourth-order valence-corrected chi connectivity index (χ4v) is 3.21. The maximum Gasteiger partial charge on any atom is 0.154 e. The Bertz CT molecular complexity index is 345. The van der Waals surface area contributed by atoms with Crippen LogP contribution in [-0.2, 0) is 0 Å². The molecule has 0 spiro atoms. The second-order valence-electron chi connectivity index (χ2n) is 4.40. The maximum atomic E-state index is 4.05. The second-order valence-corrected chi connectivity index (χ2v) is 6.55. The van der Waals surface area contributed by atoms with Crippen LogP contribution in [-0.4, -0.2) is 33.6 Å². The number of hydrogen-bond acceptors (Lipinski definition) is 6. The first-order valence-electron chi connectivity index (χ1n) is 7.16. The van der Waals surface area contributed by atoms with Gasteiger partial charge in [0, 0.05) is 24.2 Å². The summed E-state index contributed by atoms with van der Waals surface area (Å²) in [6.07, 6.45) is 6.52. The number of anilines is 1. The average molecular weight is 313 g/mol. The van der Waals surface area contributed by atoms with Gasteiger partial charge in [0.25, 0.3) is 0 Å². The molecule has 0 saturated carbocycles. The van der Waals surface area contributed by atoms with Gasteiger partial charge in [-0.15, -0.1) is 33.7 Å². The highest BCUT2D eigenvalue weighted by Gasteiger charge is 2.06. The number of thioether (sulfide) groups is 2. The lowest BCUT2D eigenvalue weighted by molar-refractivity contribution is 0.661. The lowest BCUT2D eigenvalue weighted by Crippen LogP contribution is -2.26. The van der Waals surface area contributed by atoms with Crippen LogP contribution in [0.2, 0.25) is 0 Å². The van der Waals surface area contributed by atoms with Gasteiger partial charge < -0.3 is 4.90 Å². The van der Waals surface area contributed by atoms with E-state index < -0.39 is 0 Å². The van der Waals surface area contributed by atoms with E-state index in [1.165, 1.54) is 30.8 Å². The van der Waals surface area contributed by atoms with E-state index in [4.69, 9.17) is 0 Å². The molecule has 1 aliphatic heterocycles. The summed E-state index contributed by atoms with van der Waals surface area (Å²) in [5.41, 5.74) is 0. The van der Waals surface area contributed by atoms with E-state index in [-0.39, 0.29) is 0 Å². The van der Waals surface area contributed by atoms with Crippen molar-refractivity contribution < 1.29 is 0 Å². The summed E-state index contributed by atoms with van der Waals surface area (Å²) in [5.74, 6) is 0.951. The summed E-state index contributed by atoms with van der Waals surface area (Å²) in [6, 6.07) is 1.93. The summed E-state index contributed by atoms with van der Waals surface area (Å²) >= 11 is 3.71. The molecule has 2 heterocycles. The van der Waals surface area contributed by atoms with Crippen LogP contribution in [0.15, 0.2) is 23.1 Å². The third kappa shape index (κ3) is 7.75. The van der Waals surface area contributed by atoms with E-state index in [0.29, 0.717) is 0 Å². The van der Waals surface area contributed by atoms with Gasteiger partial charge in [0.05, 0.1) is 6.20 Å². The number of nitrogens with zero attached hydrogens (tertiary/aromatic N) is 4. The molecule has 1 aromatic rings. The van der Waals surface area contributed by atoms with Crippen LogP contribution in [0, 0.1) is 0 Å². The summed E-state index contributed by atoms with van der Waals surface area (Å²) in [7, 11) is 0. The predicted molar refractivity (Wildman–Crippen MR) is 91.0 cm³/mol. The van der Waals surface area contributed by atoms with E-state index in [1.54, 1.807) is 6.20 Å². The first kappa shape index (κ1) is 17.3. The van der Waals surface area contributed by atoms with Crippen molar-refractivity contribution in [3.63, 3.8) is 0 Å². The molecule has 2 rings (SSSR count). The van der Waals surface area contributed by atoms with Gasteiger partial charge >= 0.3 is 0 Å². The van der Waals surface area contributed by atoms with Crippen molar-refractivity contribution in [2.75, 3.05) is 23.1 Å². The normalized spacial score (nSPS) is 12.9. The fourth-order valence-electron chi connectivity index (χ4n) is 1.64. The highest BCUT2D eigenvalue weighted by Crippen LogP contribution is 2.22. The zero-order valence-corrected chi connectivity index (χ0v) is 14.0. The Morgan fingerprint density at radius 2 is 1.75 bits per heavy atom. The van der Waals surface area contributed by atoms with Gasteiger partial charge in [-0.1, -0.05) is 26.7 Å². The van der Waals surface area contributed by atoms with Crippen LogP contribution in [0.5, 0.6) is 0 Å². The van der Waals surface area contributed by atoms with Crippen LogP contribution in [0.25, 0.3) is 0 Å². The standard InChI is InChI=1S/C11H20N4.C3H4S2/c1-3-5-9-15(10-6-4-2)11-7-8-12-14-13-11;1-2-5-3-4-1/h7-8H,3-6,9-10H2,1-2H3;1-2H,3H2. The lowest BCUT2D eigenvalue weighted by atomic mass is 10.2. The molecule has 0 aliphatic carbocycles. The minimum Gasteiger partial charge on any atom is -0.355 e. The Labute approximate surface area is 130 Å². The van der Waals surface area contributed by atoms with E-state index in [9.17, 15) is 0 Å². The van der Waals surface area contributed by atoms with Crippen molar-refractivity contribution in [3.8, 4) is 0 Å². The Kier molecular flexibility index (Phi) is 10.4. The van der Waals surface area contributed by atoms with Crippen molar-refractivity contribution in [2.45, 2.75) is 39.5 Å². The summed E-state index contributed by atoms with van der Waals surface area (Å²) in [5, 5.41) is 16.9. The molecule has 0 N–H and O–H groups in total. The first-order chi connectivity index (χ1) is 9.88. The second kappa shape index (κ2) is 12.0. The monoisotopic (exact) mass is 312 g/mol.